The summed E-state index contributed by atoms with van der Waals surface area (Å²) in [5.41, 5.74) is 3.36. The number of rotatable bonds is 7. The van der Waals surface area contributed by atoms with Crippen LogP contribution in [0, 0.1) is 31.1 Å². The predicted octanol–water partition coefficient (Wildman–Crippen LogP) is 9.32. The quantitative estimate of drug-likeness (QED) is 0.254. The second kappa shape index (κ2) is 20.5. The van der Waals surface area contributed by atoms with Crippen LogP contribution >= 0.6 is 0 Å². The summed E-state index contributed by atoms with van der Waals surface area (Å²) < 4.78 is 4.36. The van der Waals surface area contributed by atoms with Crippen LogP contribution in [-0.2, 0) is 19.1 Å². The fourth-order valence-corrected chi connectivity index (χ4v) is 5.41. The zero-order chi connectivity index (χ0) is 33.3. The second-order valence-electron chi connectivity index (χ2n) is 12.4. The molecule has 1 spiro atoms. The van der Waals surface area contributed by atoms with E-state index in [1.54, 1.807) is 13.8 Å². The van der Waals surface area contributed by atoms with Gasteiger partial charge < -0.3 is 15.0 Å². The highest BCUT2D eigenvalue weighted by Crippen LogP contribution is 2.47. The van der Waals surface area contributed by atoms with E-state index in [9.17, 15) is 14.4 Å². The Hall–Kier alpha value is -2.37. The van der Waals surface area contributed by atoms with E-state index in [0.29, 0.717) is 18.3 Å². The van der Waals surface area contributed by atoms with Crippen molar-refractivity contribution in [2.75, 3.05) is 0 Å². The molecular weight excluding hydrogens is 524 g/mol. The van der Waals surface area contributed by atoms with Crippen molar-refractivity contribution < 1.29 is 19.1 Å². The minimum atomic E-state index is -0.531. The number of hydrogen-bond donors (Lipinski definition) is 1. The number of carbonyl (C=O) groups is 3. The molecule has 244 valence electrons. The van der Waals surface area contributed by atoms with Crippen LogP contribution < -0.4 is 5.32 Å². The molecular formula is C36H66N2O4. The lowest BCUT2D eigenvalue weighted by atomic mass is 9.69. The largest absolute Gasteiger partial charge is 0.465 e. The van der Waals surface area contributed by atoms with Gasteiger partial charge in [0.05, 0.1) is 12.1 Å². The molecule has 1 N–H and O–H groups in total. The van der Waals surface area contributed by atoms with Crippen molar-refractivity contribution in [3.05, 3.63) is 34.9 Å². The number of nitrogens with one attached hydrogen (secondary N) is 1. The average molecular weight is 591 g/mol. The van der Waals surface area contributed by atoms with E-state index in [4.69, 9.17) is 0 Å². The molecule has 1 aromatic rings. The maximum absolute atomic E-state index is 13.2. The van der Waals surface area contributed by atoms with Gasteiger partial charge in [-0.05, 0) is 100 Å². The molecule has 6 nitrogen and oxygen atoms in total. The fraction of sp³-hybridized carbons (Fsp3) is 0.750. The van der Waals surface area contributed by atoms with Crippen molar-refractivity contribution in [2.45, 2.75) is 160 Å². The second-order valence-corrected chi connectivity index (χ2v) is 12.4. The number of nitrogens with zero attached hydrogens (tertiary/aromatic N) is 1. The summed E-state index contributed by atoms with van der Waals surface area (Å²) in [5.74, 6) is 0.389. The fourth-order valence-electron chi connectivity index (χ4n) is 5.41. The van der Waals surface area contributed by atoms with Gasteiger partial charge >= 0.3 is 11.8 Å². The van der Waals surface area contributed by atoms with E-state index in [1.807, 2.05) is 46.4 Å². The van der Waals surface area contributed by atoms with E-state index < -0.39 is 11.6 Å². The minimum Gasteiger partial charge on any atom is -0.465 e. The SMILES string of the molecule is CC.CC.CC.CC(C)OC=O.Cc1ccc(C(CCC(C)C)N2C(=O)C(=O)NC23CCC(C(C)(C)C)CC3)cc1C. The van der Waals surface area contributed by atoms with Gasteiger partial charge in [0, 0.05) is 0 Å². The molecule has 1 unspecified atom stereocenters. The van der Waals surface area contributed by atoms with Crippen molar-refractivity contribution in [3.8, 4) is 0 Å². The van der Waals surface area contributed by atoms with E-state index in [-0.39, 0.29) is 23.5 Å². The molecule has 0 radical (unpaired) electrons. The number of carbonyl (C=O) groups excluding carboxylic acids is 3. The Morgan fingerprint density at radius 2 is 1.45 bits per heavy atom. The number of aryl methyl sites for hydroxylation is 2. The maximum atomic E-state index is 13.2. The number of benzene rings is 1. The molecule has 1 aliphatic carbocycles. The van der Waals surface area contributed by atoms with Crippen molar-refractivity contribution in [1.29, 1.82) is 0 Å². The maximum Gasteiger partial charge on any atom is 0.314 e. The number of ether oxygens (including phenoxy) is 1. The van der Waals surface area contributed by atoms with Crippen LogP contribution in [-0.4, -0.2) is 35.0 Å². The van der Waals surface area contributed by atoms with Crippen LogP contribution in [0.25, 0.3) is 0 Å². The highest BCUT2D eigenvalue weighted by Gasteiger charge is 2.54. The molecule has 1 heterocycles. The molecule has 1 saturated carbocycles. The molecule has 1 saturated heterocycles. The summed E-state index contributed by atoms with van der Waals surface area (Å²) in [6.07, 6.45) is 5.70. The van der Waals surface area contributed by atoms with E-state index >= 15 is 0 Å². The molecule has 1 atom stereocenters. The zero-order valence-corrected chi connectivity index (χ0v) is 29.9. The smallest absolute Gasteiger partial charge is 0.314 e. The summed E-state index contributed by atoms with van der Waals surface area (Å²) >= 11 is 0. The van der Waals surface area contributed by atoms with Crippen LogP contribution in [0.4, 0.5) is 0 Å². The van der Waals surface area contributed by atoms with Gasteiger partial charge in [-0.25, -0.2) is 0 Å². The van der Waals surface area contributed by atoms with Crippen molar-refractivity contribution in [1.82, 2.24) is 10.2 Å². The Labute approximate surface area is 259 Å². The van der Waals surface area contributed by atoms with Gasteiger partial charge in [-0.2, -0.15) is 0 Å². The van der Waals surface area contributed by atoms with Crippen LogP contribution in [0.5, 0.6) is 0 Å². The lowest BCUT2D eigenvalue weighted by molar-refractivity contribution is -0.144. The van der Waals surface area contributed by atoms with Gasteiger partial charge in [-0.3, -0.25) is 14.4 Å². The summed E-state index contributed by atoms with van der Waals surface area (Å²) in [5, 5.41) is 3.14. The molecule has 0 aromatic heterocycles. The average Bonchev–Trinajstić information content (AvgIpc) is 3.18. The van der Waals surface area contributed by atoms with Crippen molar-refractivity contribution in [3.63, 3.8) is 0 Å². The topological polar surface area (TPSA) is 75.7 Å². The molecule has 1 aliphatic heterocycles. The lowest BCUT2D eigenvalue weighted by Gasteiger charge is -2.48. The lowest BCUT2D eigenvalue weighted by Crippen LogP contribution is -2.56. The Balaban J connectivity index is 0. The van der Waals surface area contributed by atoms with Crippen LogP contribution in [0.3, 0.4) is 0 Å². The number of amides is 2. The van der Waals surface area contributed by atoms with Crippen LogP contribution in [0.1, 0.15) is 151 Å². The normalized spacial score (nSPS) is 20.1. The molecule has 1 aromatic carbocycles. The first-order valence-corrected chi connectivity index (χ1v) is 16.5. The first-order valence-electron chi connectivity index (χ1n) is 16.5. The van der Waals surface area contributed by atoms with Crippen LogP contribution in [0.15, 0.2) is 18.2 Å². The zero-order valence-electron chi connectivity index (χ0n) is 29.9. The van der Waals surface area contributed by atoms with Gasteiger partial charge in [0.15, 0.2) is 0 Å². The summed E-state index contributed by atoms with van der Waals surface area (Å²) in [4.78, 5) is 37.1. The summed E-state index contributed by atoms with van der Waals surface area (Å²) in [7, 11) is 0. The van der Waals surface area contributed by atoms with Crippen molar-refractivity contribution in [2.24, 2.45) is 17.3 Å². The highest BCUT2D eigenvalue weighted by molar-refractivity contribution is 6.37. The molecule has 2 aliphatic rings. The first-order chi connectivity index (χ1) is 19.7. The predicted molar refractivity (Wildman–Crippen MR) is 178 cm³/mol. The third-order valence-corrected chi connectivity index (χ3v) is 7.83. The Morgan fingerprint density at radius 1 is 0.929 bits per heavy atom. The first kappa shape index (κ1) is 41.8. The van der Waals surface area contributed by atoms with Gasteiger partial charge in [-0.15, -0.1) is 0 Å². The minimum absolute atomic E-state index is 0.0301. The van der Waals surface area contributed by atoms with Crippen molar-refractivity contribution >= 4 is 18.3 Å². The Morgan fingerprint density at radius 3 is 1.83 bits per heavy atom. The van der Waals surface area contributed by atoms with E-state index in [1.165, 1.54) is 11.1 Å². The summed E-state index contributed by atoms with van der Waals surface area (Å²) in [6.45, 7) is 31.6. The Bertz CT molecular complexity index is 909. The number of hydrogen-bond acceptors (Lipinski definition) is 4. The molecule has 3 rings (SSSR count). The van der Waals surface area contributed by atoms with Gasteiger partial charge in [0.25, 0.3) is 6.47 Å². The van der Waals surface area contributed by atoms with Gasteiger partial charge in [-0.1, -0.05) is 94.4 Å². The van der Waals surface area contributed by atoms with Crippen LogP contribution in [0.2, 0.25) is 0 Å². The third kappa shape index (κ3) is 12.5. The van der Waals surface area contributed by atoms with E-state index in [2.05, 4.69) is 76.7 Å². The molecule has 42 heavy (non-hydrogen) atoms. The van der Waals surface area contributed by atoms with E-state index in [0.717, 1.165) is 44.1 Å². The van der Waals surface area contributed by atoms with Gasteiger partial charge in [0.2, 0.25) is 0 Å². The molecule has 6 heteroatoms. The molecule has 0 bridgehead atoms. The highest BCUT2D eigenvalue weighted by atomic mass is 16.5. The summed E-state index contributed by atoms with van der Waals surface area (Å²) in [6, 6.07) is 6.44. The molecule has 2 fully saturated rings. The monoisotopic (exact) mass is 591 g/mol. The standard InChI is InChI=1S/C26H40N2O2.C4H8O2.3C2H6/c1-17(2)8-11-22(20-10-9-18(3)19(4)16-20)28-24(30)23(29)27-26(28)14-12-21(13-15-26)25(5,6)7;1-4(2)6-3-5;3*1-2/h9-10,16-17,21-22H,8,11-15H2,1-7H3,(H,27,29);3-4H,1-2H3;3*1-2H3. The third-order valence-electron chi connectivity index (χ3n) is 7.83. The Kier molecular flexibility index (Phi) is 20.4. The molecule has 2 amide bonds. The van der Waals surface area contributed by atoms with Gasteiger partial charge in [0.1, 0.15) is 5.66 Å².